The highest BCUT2D eigenvalue weighted by molar-refractivity contribution is 5.87. The molecule has 2 rings (SSSR count). The van der Waals surface area contributed by atoms with Crippen LogP contribution in [0.2, 0.25) is 0 Å². The van der Waals surface area contributed by atoms with Crippen LogP contribution in [0.15, 0.2) is 0 Å². The largest absolute Gasteiger partial charge is 0.300 e. The van der Waals surface area contributed by atoms with Gasteiger partial charge in [0.05, 0.1) is 0 Å². The molecule has 0 aromatic rings. The first-order valence-corrected chi connectivity index (χ1v) is 8.33. The lowest BCUT2D eigenvalue weighted by molar-refractivity contribution is -0.135. The zero-order chi connectivity index (χ0) is 13.9. The van der Waals surface area contributed by atoms with E-state index in [4.69, 9.17) is 0 Å². The Morgan fingerprint density at radius 3 is 2.68 bits per heavy atom. The topological polar surface area (TPSA) is 20.3 Å². The molecular weight excluding hydrogens is 234 g/mol. The molecule has 0 N–H and O–H groups in total. The maximum absolute atomic E-state index is 12.6. The van der Waals surface area contributed by atoms with Crippen LogP contribution in [-0.4, -0.2) is 29.8 Å². The number of likely N-dealkylation sites (tertiary alicyclic amines) is 1. The Morgan fingerprint density at radius 2 is 1.95 bits per heavy atom. The van der Waals surface area contributed by atoms with Crippen molar-refractivity contribution < 1.29 is 4.79 Å². The van der Waals surface area contributed by atoms with Gasteiger partial charge in [-0.1, -0.05) is 40.0 Å². The second-order valence-corrected chi connectivity index (χ2v) is 7.24. The summed E-state index contributed by atoms with van der Waals surface area (Å²) < 4.78 is 0. The van der Waals surface area contributed by atoms with Crippen molar-refractivity contribution in [1.82, 2.24) is 4.90 Å². The van der Waals surface area contributed by atoms with Crippen molar-refractivity contribution in [2.45, 2.75) is 78.2 Å². The molecule has 1 saturated heterocycles. The van der Waals surface area contributed by atoms with Crippen molar-refractivity contribution in [3.05, 3.63) is 0 Å². The smallest absolute Gasteiger partial charge is 0.142 e. The Kier molecular flexibility index (Phi) is 5.05. The Balaban J connectivity index is 2.00. The summed E-state index contributed by atoms with van der Waals surface area (Å²) in [6.07, 6.45) is 10.1. The van der Waals surface area contributed by atoms with E-state index in [2.05, 4.69) is 25.7 Å². The molecule has 19 heavy (non-hydrogen) atoms. The lowest BCUT2D eigenvalue weighted by atomic mass is 9.71. The van der Waals surface area contributed by atoms with Crippen LogP contribution in [0.3, 0.4) is 0 Å². The number of Topliss-reactive ketones (excluding diaryl/α,β-unsaturated/α-hetero) is 1. The highest BCUT2D eigenvalue weighted by Crippen LogP contribution is 2.36. The van der Waals surface area contributed by atoms with Gasteiger partial charge in [0.2, 0.25) is 0 Å². The summed E-state index contributed by atoms with van der Waals surface area (Å²) in [6, 6.07) is 0.723. The molecule has 0 aromatic heterocycles. The fraction of sp³-hybridized carbons (Fsp3) is 0.941. The standard InChI is InChI=1S/C17H31NO/c1-4-15-10-6-5-7-12-18(15)13-14-9-8-11-17(2,3)16(14)19/h14-15H,4-13H2,1-3H3. The molecule has 1 heterocycles. The number of carbonyl (C=O) groups is 1. The Bertz CT molecular complexity index is 310. The van der Waals surface area contributed by atoms with Crippen molar-refractivity contribution in [3.63, 3.8) is 0 Å². The molecular formula is C17H31NO. The highest BCUT2D eigenvalue weighted by atomic mass is 16.1. The van der Waals surface area contributed by atoms with Crippen LogP contribution in [-0.2, 0) is 4.79 Å². The molecule has 2 heteroatoms. The highest BCUT2D eigenvalue weighted by Gasteiger charge is 2.38. The third-order valence-corrected chi connectivity index (χ3v) is 5.32. The molecule has 0 spiro atoms. The lowest BCUT2D eigenvalue weighted by Crippen LogP contribution is -2.44. The average Bonchev–Trinajstić information content (AvgIpc) is 2.60. The lowest BCUT2D eigenvalue weighted by Gasteiger charge is -2.38. The maximum atomic E-state index is 12.6. The molecule has 2 atom stereocenters. The van der Waals surface area contributed by atoms with E-state index in [0.29, 0.717) is 11.7 Å². The van der Waals surface area contributed by atoms with Crippen LogP contribution in [0.1, 0.15) is 72.1 Å². The zero-order valence-electron chi connectivity index (χ0n) is 13.1. The Hall–Kier alpha value is -0.370. The zero-order valence-corrected chi connectivity index (χ0v) is 13.1. The fourth-order valence-electron chi connectivity index (χ4n) is 3.99. The maximum Gasteiger partial charge on any atom is 0.142 e. The summed E-state index contributed by atoms with van der Waals surface area (Å²) in [6.45, 7) is 8.82. The number of carbonyl (C=O) groups excluding carboxylic acids is 1. The van der Waals surface area contributed by atoms with Crippen LogP contribution in [0.25, 0.3) is 0 Å². The van der Waals surface area contributed by atoms with Gasteiger partial charge in [0.1, 0.15) is 5.78 Å². The summed E-state index contributed by atoms with van der Waals surface area (Å²) >= 11 is 0. The molecule has 2 fully saturated rings. The fourth-order valence-corrected chi connectivity index (χ4v) is 3.99. The summed E-state index contributed by atoms with van der Waals surface area (Å²) in [5, 5.41) is 0. The van der Waals surface area contributed by atoms with Gasteiger partial charge in [-0.2, -0.15) is 0 Å². The van der Waals surface area contributed by atoms with Crippen molar-refractivity contribution in [3.8, 4) is 0 Å². The first kappa shape index (κ1) is 15.0. The minimum absolute atomic E-state index is 0.0729. The normalized spacial score (nSPS) is 33.1. The monoisotopic (exact) mass is 265 g/mol. The van der Waals surface area contributed by atoms with E-state index in [1.807, 2.05) is 0 Å². The first-order valence-electron chi connectivity index (χ1n) is 8.33. The van der Waals surface area contributed by atoms with Crippen LogP contribution in [0.5, 0.6) is 0 Å². The van der Waals surface area contributed by atoms with E-state index in [9.17, 15) is 4.79 Å². The Labute approximate surface area is 118 Å². The van der Waals surface area contributed by atoms with Gasteiger partial charge in [0.15, 0.2) is 0 Å². The number of ketones is 1. The molecule has 2 unspecified atom stereocenters. The Morgan fingerprint density at radius 1 is 1.16 bits per heavy atom. The molecule has 0 aromatic carbocycles. The van der Waals surface area contributed by atoms with Gasteiger partial charge in [0, 0.05) is 23.9 Å². The summed E-state index contributed by atoms with van der Waals surface area (Å²) in [5.41, 5.74) is -0.0729. The van der Waals surface area contributed by atoms with Crippen molar-refractivity contribution in [1.29, 1.82) is 0 Å². The van der Waals surface area contributed by atoms with Crippen LogP contribution in [0.4, 0.5) is 0 Å². The van der Waals surface area contributed by atoms with Crippen LogP contribution in [0, 0.1) is 11.3 Å². The summed E-state index contributed by atoms with van der Waals surface area (Å²) in [7, 11) is 0. The number of rotatable bonds is 3. The average molecular weight is 265 g/mol. The van der Waals surface area contributed by atoms with Crippen molar-refractivity contribution >= 4 is 5.78 Å². The first-order chi connectivity index (χ1) is 9.04. The van der Waals surface area contributed by atoms with Gasteiger partial charge < -0.3 is 0 Å². The van der Waals surface area contributed by atoms with E-state index in [0.717, 1.165) is 25.4 Å². The molecule has 1 aliphatic heterocycles. The SMILES string of the molecule is CCC1CCCCCN1CC1CCCC(C)(C)C1=O. The summed E-state index contributed by atoms with van der Waals surface area (Å²) in [4.78, 5) is 15.2. The van der Waals surface area contributed by atoms with Gasteiger partial charge in [-0.15, -0.1) is 0 Å². The molecule has 2 aliphatic rings. The number of hydrogen-bond acceptors (Lipinski definition) is 2. The predicted molar refractivity (Wildman–Crippen MR) is 80.2 cm³/mol. The van der Waals surface area contributed by atoms with Crippen LogP contribution >= 0.6 is 0 Å². The molecule has 2 nitrogen and oxygen atoms in total. The van der Waals surface area contributed by atoms with E-state index in [1.54, 1.807) is 0 Å². The second-order valence-electron chi connectivity index (χ2n) is 7.24. The molecule has 0 radical (unpaired) electrons. The van der Waals surface area contributed by atoms with Gasteiger partial charge in [-0.3, -0.25) is 9.69 Å². The molecule has 1 aliphatic carbocycles. The third kappa shape index (κ3) is 3.59. The molecule has 0 amide bonds. The number of hydrogen-bond donors (Lipinski definition) is 0. The van der Waals surface area contributed by atoms with Gasteiger partial charge in [-0.05, 0) is 38.6 Å². The van der Waals surface area contributed by atoms with E-state index in [-0.39, 0.29) is 5.41 Å². The van der Waals surface area contributed by atoms with Gasteiger partial charge >= 0.3 is 0 Å². The van der Waals surface area contributed by atoms with E-state index < -0.39 is 0 Å². The summed E-state index contributed by atoms with van der Waals surface area (Å²) in [5.74, 6) is 0.828. The third-order valence-electron chi connectivity index (χ3n) is 5.32. The van der Waals surface area contributed by atoms with E-state index >= 15 is 0 Å². The van der Waals surface area contributed by atoms with Crippen molar-refractivity contribution in [2.24, 2.45) is 11.3 Å². The van der Waals surface area contributed by atoms with E-state index in [1.165, 1.54) is 45.1 Å². The van der Waals surface area contributed by atoms with Gasteiger partial charge in [-0.25, -0.2) is 0 Å². The number of nitrogens with zero attached hydrogens (tertiary/aromatic N) is 1. The molecule has 0 bridgehead atoms. The van der Waals surface area contributed by atoms with Gasteiger partial charge in [0.25, 0.3) is 0 Å². The van der Waals surface area contributed by atoms with Crippen LogP contribution < -0.4 is 0 Å². The predicted octanol–water partition coefficient (Wildman–Crippen LogP) is 4.04. The quantitative estimate of drug-likeness (QED) is 0.767. The minimum atomic E-state index is -0.0729. The molecule has 110 valence electrons. The molecule has 1 saturated carbocycles. The minimum Gasteiger partial charge on any atom is -0.300 e. The van der Waals surface area contributed by atoms with Crippen molar-refractivity contribution in [2.75, 3.05) is 13.1 Å². The second kappa shape index (κ2) is 6.39.